The first-order valence-electron chi connectivity index (χ1n) is 25.3. The minimum absolute atomic E-state index is 0.0159. The lowest BCUT2D eigenvalue weighted by molar-refractivity contribution is -0.143. The summed E-state index contributed by atoms with van der Waals surface area (Å²) in [6.45, 7) is 4.82. The van der Waals surface area contributed by atoms with Gasteiger partial charge in [0.25, 0.3) is 0 Å². The number of amides is 1. The number of unbranched alkanes of at least 4 members (excludes halogenated alkanes) is 31. The molecule has 0 bridgehead atoms. The van der Waals surface area contributed by atoms with Crippen molar-refractivity contribution >= 4 is 11.9 Å². The second kappa shape index (κ2) is 47.8. The zero-order valence-electron chi connectivity index (χ0n) is 38.5. The normalized spacial score (nSPS) is 13.0. The van der Waals surface area contributed by atoms with Crippen molar-refractivity contribution in [3.63, 3.8) is 0 Å². The molecule has 0 fully saturated rings. The standard InChI is InChI=1S/C52H97NO5/c1-3-5-7-9-11-13-15-17-22-26-30-34-38-42-46-52(57)58-47-43-39-35-31-27-23-20-18-19-21-25-29-33-37-41-45-51(56)53-49(48-54)50(55)44-40-36-32-28-24-16-14-12-10-8-6-4-2/h9,11,15,17,40,44,49-50,54-55H,3-8,10,12-14,16,18-39,41-43,45-48H2,1-2H3,(H,53,56)/b11-9-,17-15-,44-40+. The molecular weight excluding hydrogens is 719 g/mol. The van der Waals surface area contributed by atoms with Gasteiger partial charge >= 0.3 is 5.97 Å². The summed E-state index contributed by atoms with van der Waals surface area (Å²) < 4.78 is 5.45. The number of carbonyl (C=O) groups excluding carboxylic acids is 2. The molecule has 6 heteroatoms. The summed E-state index contributed by atoms with van der Waals surface area (Å²) in [6, 6.07) is -0.634. The van der Waals surface area contributed by atoms with E-state index in [-0.39, 0.29) is 18.5 Å². The Kier molecular flexibility index (Phi) is 46.2. The Morgan fingerprint density at radius 3 is 1.36 bits per heavy atom. The average Bonchev–Trinajstić information content (AvgIpc) is 3.22. The Morgan fingerprint density at radius 1 is 0.483 bits per heavy atom. The van der Waals surface area contributed by atoms with Crippen LogP contribution in [0.15, 0.2) is 36.5 Å². The van der Waals surface area contributed by atoms with Gasteiger partial charge in [0.2, 0.25) is 5.91 Å². The van der Waals surface area contributed by atoms with Crippen LogP contribution in [0.5, 0.6) is 0 Å². The topological polar surface area (TPSA) is 95.9 Å². The van der Waals surface area contributed by atoms with Gasteiger partial charge < -0.3 is 20.3 Å². The van der Waals surface area contributed by atoms with Gasteiger partial charge in [-0.1, -0.05) is 224 Å². The minimum Gasteiger partial charge on any atom is -0.466 e. The van der Waals surface area contributed by atoms with Gasteiger partial charge in [0.05, 0.1) is 25.4 Å². The Balaban J connectivity index is 3.47. The molecule has 1 amide bonds. The van der Waals surface area contributed by atoms with Crippen molar-refractivity contribution in [1.82, 2.24) is 5.32 Å². The van der Waals surface area contributed by atoms with Crippen LogP contribution in [0.3, 0.4) is 0 Å². The molecule has 3 N–H and O–H groups in total. The van der Waals surface area contributed by atoms with Gasteiger partial charge in [-0.3, -0.25) is 9.59 Å². The van der Waals surface area contributed by atoms with E-state index in [9.17, 15) is 19.8 Å². The predicted molar refractivity (Wildman–Crippen MR) is 250 cm³/mol. The maximum absolute atomic E-state index is 12.4. The molecule has 0 rings (SSSR count). The van der Waals surface area contributed by atoms with Crippen LogP contribution in [0, 0.1) is 0 Å². The van der Waals surface area contributed by atoms with Crippen molar-refractivity contribution in [2.45, 2.75) is 270 Å². The van der Waals surface area contributed by atoms with E-state index < -0.39 is 12.1 Å². The van der Waals surface area contributed by atoms with Crippen LogP contribution in [0.1, 0.15) is 258 Å². The fourth-order valence-electron chi connectivity index (χ4n) is 7.47. The summed E-state index contributed by atoms with van der Waals surface area (Å²) in [6.07, 6.45) is 57.1. The van der Waals surface area contributed by atoms with Gasteiger partial charge in [0.1, 0.15) is 0 Å². The molecule has 2 unspecified atom stereocenters. The number of hydrogen-bond donors (Lipinski definition) is 3. The van der Waals surface area contributed by atoms with E-state index in [1.165, 1.54) is 167 Å². The molecule has 0 aromatic carbocycles. The largest absolute Gasteiger partial charge is 0.466 e. The average molecular weight is 816 g/mol. The molecule has 0 heterocycles. The number of allylic oxidation sites excluding steroid dienone is 5. The monoisotopic (exact) mass is 816 g/mol. The molecule has 0 aliphatic carbocycles. The van der Waals surface area contributed by atoms with Crippen molar-refractivity contribution in [2.24, 2.45) is 0 Å². The Bertz CT molecular complexity index is 946. The van der Waals surface area contributed by atoms with Crippen molar-refractivity contribution in [3.8, 4) is 0 Å². The number of aliphatic hydroxyl groups excluding tert-OH is 2. The molecule has 0 saturated heterocycles. The highest BCUT2D eigenvalue weighted by Crippen LogP contribution is 2.15. The maximum Gasteiger partial charge on any atom is 0.305 e. The lowest BCUT2D eigenvalue weighted by Gasteiger charge is -2.20. The van der Waals surface area contributed by atoms with Gasteiger partial charge in [-0.15, -0.1) is 0 Å². The van der Waals surface area contributed by atoms with Gasteiger partial charge in [-0.25, -0.2) is 0 Å². The zero-order valence-corrected chi connectivity index (χ0v) is 38.5. The van der Waals surface area contributed by atoms with Crippen LogP contribution < -0.4 is 5.32 Å². The van der Waals surface area contributed by atoms with Crippen molar-refractivity contribution < 1.29 is 24.5 Å². The van der Waals surface area contributed by atoms with Crippen LogP contribution in [-0.4, -0.2) is 47.4 Å². The highest BCUT2D eigenvalue weighted by Gasteiger charge is 2.18. The number of carbonyl (C=O) groups is 2. The summed E-state index contributed by atoms with van der Waals surface area (Å²) >= 11 is 0. The minimum atomic E-state index is -0.849. The van der Waals surface area contributed by atoms with Crippen molar-refractivity contribution in [2.75, 3.05) is 13.2 Å². The van der Waals surface area contributed by atoms with Crippen LogP contribution in [0.2, 0.25) is 0 Å². The van der Waals surface area contributed by atoms with E-state index in [4.69, 9.17) is 4.74 Å². The SMILES string of the molecule is CCCC/C=C\C/C=C\CCCCCCCC(=O)OCCCCCCCCCCCCCCCCCC(=O)NC(CO)C(O)/C=C/CCCCCCCCCCCC. The van der Waals surface area contributed by atoms with Crippen LogP contribution in [0.25, 0.3) is 0 Å². The molecule has 0 spiro atoms. The lowest BCUT2D eigenvalue weighted by Crippen LogP contribution is -2.45. The van der Waals surface area contributed by atoms with Crippen LogP contribution in [-0.2, 0) is 14.3 Å². The fraction of sp³-hybridized carbons (Fsp3) is 0.846. The second-order valence-corrected chi connectivity index (χ2v) is 17.1. The number of aliphatic hydroxyl groups is 2. The van der Waals surface area contributed by atoms with E-state index in [1.54, 1.807) is 6.08 Å². The second-order valence-electron chi connectivity index (χ2n) is 17.1. The molecule has 58 heavy (non-hydrogen) atoms. The highest BCUT2D eigenvalue weighted by atomic mass is 16.5. The molecule has 0 saturated carbocycles. The smallest absolute Gasteiger partial charge is 0.305 e. The Hall–Kier alpha value is -1.92. The first-order chi connectivity index (χ1) is 28.5. The first kappa shape index (κ1) is 56.1. The third-order valence-corrected chi connectivity index (χ3v) is 11.4. The molecular formula is C52H97NO5. The summed E-state index contributed by atoms with van der Waals surface area (Å²) in [4.78, 5) is 24.4. The van der Waals surface area contributed by atoms with Gasteiger partial charge in [0.15, 0.2) is 0 Å². The zero-order chi connectivity index (χ0) is 42.3. The number of nitrogens with one attached hydrogen (secondary N) is 1. The molecule has 0 aromatic rings. The van der Waals surface area contributed by atoms with E-state index in [2.05, 4.69) is 43.5 Å². The maximum atomic E-state index is 12.4. The summed E-state index contributed by atoms with van der Waals surface area (Å²) in [7, 11) is 0. The van der Waals surface area contributed by atoms with E-state index >= 15 is 0 Å². The summed E-state index contributed by atoms with van der Waals surface area (Å²) in [5.74, 6) is -0.0946. The van der Waals surface area contributed by atoms with E-state index in [0.717, 1.165) is 64.2 Å². The molecule has 0 aromatic heterocycles. The number of esters is 1. The molecule has 0 aliphatic rings. The third kappa shape index (κ3) is 43.7. The van der Waals surface area contributed by atoms with Crippen molar-refractivity contribution in [3.05, 3.63) is 36.5 Å². The molecule has 2 atom stereocenters. The van der Waals surface area contributed by atoms with Crippen LogP contribution >= 0.6 is 0 Å². The molecule has 0 radical (unpaired) electrons. The van der Waals surface area contributed by atoms with Gasteiger partial charge in [0, 0.05) is 12.8 Å². The lowest BCUT2D eigenvalue weighted by atomic mass is 10.0. The molecule has 6 nitrogen and oxygen atoms in total. The van der Waals surface area contributed by atoms with Crippen LogP contribution in [0.4, 0.5) is 0 Å². The Morgan fingerprint density at radius 2 is 0.879 bits per heavy atom. The quantitative estimate of drug-likeness (QED) is 0.0323. The highest BCUT2D eigenvalue weighted by molar-refractivity contribution is 5.76. The van der Waals surface area contributed by atoms with E-state index in [0.29, 0.717) is 19.4 Å². The molecule has 340 valence electrons. The van der Waals surface area contributed by atoms with E-state index in [1.807, 2.05) is 6.08 Å². The fourth-order valence-corrected chi connectivity index (χ4v) is 7.47. The van der Waals surface area contributed by atoms with Gasteiger partial charge in [-0.05, 0) is 57.8 Å². The number of ether oxygens (including phenoxy) is 1. The third-order valence-electron chi connectivity index (χ3n) is 11.4. The number of hydrogen-bond acceptors (Lipinski definition) is 5. The first-order valence-corrected chi connectivity index (χ1v) is 25.3. The summed E-state index contributed by atoms with van der Waals surface area (Å²) in [5, 5.41) is 23.0. The number of rotatable bonds is 46. The molecule has 0 aliphatic heterocycles. The Labute approximate surface area is 360 Å². The van der Waals surface area contributed by atoms with Gasteiger partial charge in [-0.2, -0.15) is 0 Å². The van der Waals surface area contributed by atoms with Crippen molar-refractivity contribution in [1.29, 1.82) is 0 Å². The predicted octanol–water partition coefficient (Wildman–Crippen LogP) is 14.9. The summed E-state index contributed by atoms with van der Waals surface area (Å²) in [5.41, 5.74) is 0.